The molecule has 0 fully saturated rings. The minimum Gasteiger partial charge on any atom is -0.281 e. The fourth-order valence-electron chi connectivity index (χ4n) is 2.48. The third-order valence-corrected chi connectivity index (χ3v) is 3.35. The van der Waals surface area contributed by atoms with Gasteiger partial charge < -0.3 is 0 Å². The highest BCUT2D eigenvalue weighted by molar-refractivity contribution is 6.03. The van der Waals surface area contributed by atoms with Crippen LogP contribution in [-0.4, -0.2) is 5.91 Å². The number of rotatable bonds is 1. The number of amides is 1. The zero-order chi connectivity index (χ0) is 12.5. The number of carbonyl (C=O) groups excluding carboxylic acids is 1. The first-order chi connectivity index (χ1) is 8.75. The van der Waals surface area contributed by atoms with Crippen molar-refractivity contribution in [2.24, 2.45) is 0 Å². The average molecular weight is 237 g/mol. The Kier molecular flexibility index (Phi) is 2.63. The van der Waals surface area contributed by atoms with Crippen LogP contribution in [0.5, 0.6) is 0 Å². The molecular formula is C16H15NO. The summed E-state index contributed by atoms with van der Waals surface area (Å²) >= 11 is 0. The molecule has 2 nitrogen and oxygen atoms in total. The smallest absolute Gasteiger partial charge is 0.231 e. The molecule has 0 aromatic heterocycles. The third kappa shape index (κ3) is 1.80. The van der Waals surface area contributed by atoms with E-state index in [4.69, 9.17) is 0 Å². The highest BCUT2D eigenvalue weighted by Gasteiger charge is 2.24. The minimum atomic E-state index is 0.180. The van der Waals surface area contributed by atoms with Crippen molar-refractivity contribution in [3.05, 3.63) is 59.7 Å². The number of carbonyl (C=O) groups is 1. The van der Waals surface area contributed by atoms with Crippen molar-refractivity contribution < 1.29 is 4.79 Å². The third-order valence-electron chi connectivity index (χ3n) is 3.35. The Hall–Kier alpha value is -2.09. The van der Waals surface area contributed by atoms with E-state index >= 15 is 0 Å². The van der Waals surface area contributed by atoms with Gasteiger partial charge in [-0.1, -0.05) is 30.3 Å². The molecule has 1 heterocycles. The highest BCUT2D eigenvalue weighted by Crippen LogP contribution is 2.34. The van der Waals surface area contributed by atoms with Gasteiger partial charge in [0.2, 0.25) is 5.91 Å². The number of hydrogen-bond donors (Lipinski definition) is 0. The minimum absolute atomic E-state index is 0.180. The van der Waals surface area contributed by atoms with Crippen molar-refractivity contribution in [3.8, 4) is 0 Å². The second-order valence-electron chi connectivity index (χ2n) is 4.70. The van der Waals surface area contributed by atoms with E-state index in [1.165, 1.54) is 11.1 Å². The molecule has 18 heavy (non-hydrogen) atoms. The van der Waals surface area contributed by atoms with Gasteiger partial charge in [-0.05, 0) is 42.7 Å². The average Bonchev–Trinajstić information content (AvgIpc) is 2.38. The lowest BCUT2D eigenvalue weighted by Crippen LogP contribution is -2.30. The lowest BCUT2D eigenvalue weighted by molar-refractivity contribution is -0.118. The maximum atomic E-state index is 12.2. The zero-order valence-electron chi connectivity index (χ0n) is 10.4. The van der Waals surface area contributed by atoms with Crippen LogP contribution in [0.3, 0.4) is 0 Å². The molecule has 0 radical (unpaired) electrons. The zero-order valence-corrected chi connectivity index (χ0v) is 10.4. The summed E-state index contributed by atoms with van der Waals surface area (Å²) in [4.78, 5) is 14.0. The molecular weight excluding hydrogens is 222 g/mol. The first-order valence-corrected chi connectivity index (χ1v) is 6.23. The Bertz CT molecular complexity index is 604. The van der Waals surface area contributed by atoms with E-state index < -0.39 is 0 Å². The summed E-state index contributed by atoms with van der Waals surface area (Å²) in [6.45, 7) is 2.05. The molecule has 3 rings (SSSR count). The van der Waals surface area contributed by atoms with Crippen LogP contribution >= 0.6 is 0 Å². The van der Waals surface area contributed by atoms with Gasteiger partial charge in [-0.25, -0.2) is 0 Å². The van der Waals surface area contributed by atoms with Gasteiger partial charge in [0.1, 0.15) is 0 Å². The quantitative estimate of drug-likeness (QED) is 0.742. The lowest BCUT2D eigenvalue weighted by atomic mass is 10.0. The van der Waals surface area contributed by atoms with Crippen LogP contribution in [0.15, 0.2) is 48.5 Å². The molecule has 1 aliphatic rings. The molecule has 90 valence electrons. The predicted octanol–water partition coefficient (Wildman–Crippen LogP) is 3.61. The Morgan fingerprint density at radius 3 is 2.67 bits per heavy atom. The van der Waals surface area contributed by atoms with Crippen LogP contribution in [0.4, 0.5) is 11.4 Å². The molecule has 0 bridgehead atoms. The molecule has 1 amide bonds. The van der Waals surface area contributed by atoms with E-state index in [0.29, 0.717) is 6.42 Å². The Labute approximate surface area is 107 Å². The predicted molar refractivity (Wildman–Crippen MR) is 73.1 cm³/mol. The van der Waals surface area contributed by atoms with E-state index in [9.17, 15) is 4.79 Å². The fourth-order valence-corrected chi connectivity index (χ4v) is 2.48. The first kappa shape index (κ1) is 11.0. The maximum absolute atomic E-state index is 12.2. The van der Waals surface area contributed by atoms with Gasteiger partial charge >= 0.3 is 0 Å². The summed E-state index contributed by atoms with van der Waals surface area (Å²) < 4.78 is 0. The van der Waals surface area contributed by atoms with Crippen LogP contribution in [0, 0.1) is 6.92 Å². The van der Waals surface area contributed by atoms with E-state index in [2.05, 4.69) is 12.1 Å². The molecule has 0 N–H and O–H groups in total. The maximum Gasteiger partial charge on any atom is 0.231 e. The SMILES string of the molecule is Cc1cccc(N2C(=O)CCc3ccccc32)c1. The number of hydrogen-bond acceptors (Lipinski definition) is 1. The molecule has 0 unspecified atom stereocenters. The van der Waals surface area contributed by atoms with E-state index in [1.807, 2.05) is 48.2 Å². The lowest BCUT2D eigenvalue weighted by Gasteiger charge is -2.29. The van der Waals surface area contributed by atoms with Crippen LogP contribution in [-0.2, 0) is 11.2 Å². The summed E-state index contributed by atoms with van der Waals surface area (Å²) in [6, 6.07) is 16.2. The summed E-state index contributed by atoms with van der Waals surface area (Å²) in [5.41, 5.74) is 4.41. The van der Waals surface area contributed by atoms with Gasteiger partial charge in [-0.15, -0.1) is 0 Å². The Morgan fingerprint density at radius 1 is 1.00 bits per heavy atom. The largest absolute Gasteiger partial charge is 0.281 e. The number of aryl methyl sites for hydroxylation is 2. The van der Waals surface area contributed by atoms with Crippen molar-refractivity contribution in [2.75, 3.05) is 4.90 Å². The Balaban J connectivity index is 2.13. The van der Waals surface area contributed by atoms with Gasteiger partial charge in [-0.3, -0.25) is 9.69 Å². The molecule has 0 saturated heterocycles. The summed E-state index contributed by atoms with van der Waals surface area (Å²) in [5.74, 6) is 0.180. The van der Waals surface area contributed by atoms with Crippen molar-refractivity contribution in [1.29, 1.82) is 0 Å². The summed E-state index contributed by atoms with van der Waals surface area (Å²) in [6.07, 6.45) is 1.43. The first-order valence-electron chi connectivity index (χ1n) is 6.23. The van der Waals surface area contributed by atoms with E-state index in [0.717, 1.165) is 17.8 Å². The molecule has 0 aliphatic carbocycles. The summed E-state index contributed by atoms with van der Waals surface area (Å²) in [7, 11) is 0. The molecule has 0 atom stereocenters. The molecule has 2 aromatic rings. The van der Waals surface area contributed by atoms with Crippen molar-refractivity contribution >= 4 is 17.3 Å². The van der Waals surface area contributed by atoms with Crippen molar-refractivity contribution in [1.82, 2.24) is 0 Å². The van der Waals surface area contributed by atoms with Crippen LogP contribution < -0.4 is 4.90 Å². The van der Waals surface area contributed by atoms with Gasteiger partial charge in [0, 0.05) is 12.1 Å². The molecule has 2 heteroatoms. The van der Waals surface area contributed by atoms with Gasteiger partial charge in [-0.2, -0.15) is 0 Å². The second-order valence-corrected chi connectivity index (χ2v) is 4.70. The highest BCUT2D eigenvalue weighted by atomic mass is 16.2. The standard InChI is InChI=1S/C16H15NO/c1-12-5-4-7-14(11-12)17-15-8-3-2-6-13(15)9-10-16(17)18/h2-8,11H,9-10H2,1H3. The van der Waals surface area contributed by atoms with Crippen molar-refractivity contribution in [2.45, 2.75) is 19.8 Å². The normalized spacial score (nSPS) is 14.5. The second kappa shape index (κ2) is 4.30. The van der Waals surface area contributed by atoms with Crippen LogP contribution in [0.2, 0.25) is 0 Å². The van der Waals surface area contributed by atoms with Crippen molar-refractivity contribution in [3.63, 3.8) is 0 Å². The fraction of sp³-hybridized carbons (Fsp3) is 0.188. The Morgan fingerprint density at radius 2 is 1.83 bits per heavy atom. The topological polar surface area (TPSA) is 20.3 Å². The summed E-state index contributed by atoms with van der Waals surface area (Å²) in [5, 5.41) is 0. The van der Waals surface area contributed by atoms with Gasteiger partial charge in [0.15, 0.2) is 0 Å². The number of nitrogens with zero attached hydrogens (tertiary/aromatic N) is 1. The van der Waals surface area contributed by atoms with Gasteiger partial charge in [0.25, 0.3) is 0 Å². The van der Waals surface area contributed by atoms with E-state index in [-0.39, 0.29) is 5.91 Å². The molecule has 0 spiro atoms. The monoisotopic (exact) mass is 237 g/mol. The number of fused-ring (bicyclic) bond motifs is 1. The van der Waals surface area contributed by atoms with Crippen LogP contribution in [0.1, 0.15) is 17.5 Å². The number of anilines is 2. The molecule has 1 aliphatic heterocycles. The number of para-hydroxylation sites is 1. The molecule has 0 saturated carbocycles. The molecule has 2 aromatic carbocycles. The van der Waals surface area contributed by atoms with Crippen LogP contribution in [0.25, 0.3) is 0 Å². The van der Waals surface area contributed by atoms with Gasteiger partial charge in [0.05, 0.1) is 5.69 Å². The van der Waals surface area contributed by atoms with E-state index in [1.54, 1.807) is 0 Å². The number of benzene rings is 2.